The van der Waals surface area contributed by atoms with Crippen LogP contribution in [0.4, 0.5) is 0 Å². The second kappa shape index (κ2) is 9.57. The Bertz CT molecular complexity index is 811. The molecule has 0 radical (unpaired) electrons. The van der Waals surface area contributed by atoms with E-state index in [1.807, 2.05) is 46.4 Å². The van der Waals surface area contributed by atoms with E-state index in [9.17, 15) is 13.2 Å². The number of nitrogens with zero attached hydrogens (tertiary/aromatic N) is 1. The van der Waals surface area contributed by atoms with Gasteiger partial charge in [-0.3, -0.25) is 4.79 Å². The van der Waals surface area contributed by atoms with Gasteiger partial charge in [0.05, 0.1) is 4.90 Å². The topological polar surface area (TPSA) is 92.5 Å². The van der Waals surface area contributed by atoms with Gasteiger partial charge in [0.25, 0.3) is 0 Å². The first-order valence-corrected chi connectivity index (χ1v) is 11.1. The molecule has 1 amide bonds. The lowest BCUT2D eigenvalue weighted by atomic mass is 9.95. The fraction of sp³-hybridized carbons (Fsp3) is 0.650. The third-order valence-electron chi connectivity index (χ3n) is 6.15. The summed E-state index contributed by atoms with van der Waals surface area (Å²) in [5, 5.41) is 0. The van der Waals surface area contributed by atoms with Crippen molar-refractivity contribution in [2.45, 2.75) is 65.3 Å². The van der Waals surface area contributed by atoms with Crippen LogP contribution in [0.5, 0.6) is 0 Å². The number of carbonyl (C=O) groups excluding carboxylic acids is 1. The van der Waals surface area contributed by atoms with Crippen LogP contribution in [-0.2, 0) is 14.8 Å². The SMILES string of the molecule is Cc1c(C)c(C)c(S(=O)(=O)NCCC(=O)N2CC(CN)CC2C)c(C)c1C.Cl. The molecular formula is C20H34ClN3O3S. The van der Waals surface area contributed by atoms with Crippen molar-refractivity contribution in [1.82, 2.24) is 9.62 Å². The van der Waals surface area contributed by atoms with Crippen LogP contribution in [0.2, 0.25) is 0 Å². The molecule has 2 rings (SSSR count). The molecular weight excluding hydrogens is 398 g/mol. The van der Waals surface area contributed by atoms with Crippen LogP contribution in [0.25, 0.3) is 0 Å². The average molecular weight is 432 g/mol. The van der Waals surface area contributed by atoms with Crippen LogP contribution in [0, 0.1) is 40.5 Å². The monoisotopic (exact) mass is 431 g/mol. The Morgan fingerprint density at radius 1 is 1.07 bits per heavy atom. The maximum absolute atomic E-state index is 12.9. The molecule has 1 aromatic carbocycles. The van der Waals surface area contributed by atoms with Gasteiger partial charge in [-0.25, -0.2) is 13.1 Å². The van der Waals surface area contributed by atoms with Gasteiger partial charge in [0.15, 0.2) is 0 Å². The van der Waals surface area contributed by atoms with Crippen molar-refractivity contribution in [2.75, 3.05) is 19.6 Å². The largest absolute Gasteiger partial charge is 0.340 e. The molecule has 3 N–H and O–H groups in total. The summed E-state index contributed by atoms with van der Waals surface area (Å²) in [6.45, 7) is 12.9. The van der Waals surface area contributed by atoms with Crippen LogP contribution in [0.15, 0.2) is 4.90 Å². The van der Waals surface area contributed by atoms with Crippen molar-refractivity contribution in [3.63, 3.8) is 0 Å². The zero-order valence-corrected chi connectivity index (χ0v) is 19.4. The predicted octanol–water partition coefficient (Wildman–Crippen LogP) is 2.51. The number of nitrogens with two attached hydrogens (primary N) is 1. The van der Waals surface area contributed by atoms with Crippen molar-refractivity contribution in [1.29, 1.82) is 0 Å². The van der Waals surface area contributed by atoms with Crippen LogP contribution in [-0.4, -0.2) is 44.9 Å². The minimum absolute atomic E-state index is 0. The number of hydrogen-bond donors (Lipinski definition) is 2. The normalized spacial score (nSPS) is 19.6. The lowest BCUT2D eigenvalue weighted by Crippen LogP contribution is -2.37. The summed E-state index contributed by atoms with van der Waals surface area (Å²) in [5.41, 5.74) is 10.4. The highest BCUT2D eigenvalue weighted by Gasteiger charge is 2.31. The summed E-state index contributed by atoms with van der Waals surface area (Å²) >= 11 is 0. The predicted molar refractivity (Wildman–Crippen MR) is 116 cm³/mol. The molecule has 1 aromatic rings. The lowest BCUT2D eigenvalue weighted by molar-refractivity contribution is -0.131. The highest BCUT2D eigenvalue weighted by Crippen LogP contribution is 2.29. The molecule has 0 saturated carbocycles. The van der Waals surface area contributed by atoms with Crippen molar-refractivity contribution >= 4 is 28.3 Å². The van der Waals surface area contributed by atoms with E-state index in [4.69, 9.17) is 5.73 Å². The summed E-state index contributed by atoms with van der Waals surface area (Å²) in [6.07, 6.45) is 1.07. The Labute approximate surface area is 175 Å². The average Bonchev–Trinajstić information content (AvgIpc) is 2.99. The molecule has 1 aliphatic rings. The quantitative estimate of drug-likeness (QED) is 0.723. The number of carbonyl (C=O) groups is 1. The number of benzene rings is 1. The van der Waals surface area contributed by atoms with Crippen molar-refractivity contribution < 1.29 is 13.2 Å². The molecule has 1 heterocycles. The number of sulfonamides is 1. The molecule has 160 valence electrons. The van der Waals surface area contributed by atoms with Crippen LogP contribution < -0.4 is 10.5 Å². The summed E-state index contributed by atoms with van der Waals surface area (Å²) in [6, 6.07) is 0.162. The smallest absolute Gasteiger partial charge is 0.241 e. The van der Waals surface area contributed by atoms with Gasteiger partial charge in [0, 0.05) is 25.6 Å². The van der Waals surface area contributed by atoms with Gasteiger partial charge >= 0.3 is 0 Å². The first kappa shape index (κ1) is 24.9. The summed E-state index contributed by atoms with van der Waals surface area (Å²) in [7, 11) is -3.67. The molecule has 1 fully saturated rings. The Hall–Kier alpha value is -1.15. The van der Waals surface area contributed by atoms with E-state index in [1.165, 1.54) is 0 Å². The van der Waals surface area contributed by atoms with E-state index in [0.29, 0.717) is 23.9 Å². The minimum atomic E-state index is -3.67. The Balaban J connectivity index is 0.00000392. The number of rotatable bonds is 6. The number of halogens is 1. The second-order valence-corrected chi connectivity index (χ2v) is 9.54. The van der Waals surface area contributed by atoms with Gasteiger partial charge in [-0.2, -0.15) is 0 Å². The first-order chi connectivity index (χ1) is 12.5. The summed E-state index contributed by atoms with van der Waals surface area (Å²) in [5.74, 6) is 0.315. The standard InChI is InChI=1S/C20H33N3O3S.ClH/c1-12-9-18(10-21)11-23(12)19(24)7-8-22-27(25,26)20-16(5)14(3)13(2)15(4)17(20)6;/h12,18,22H,7-11,21H2,1-6H3;1H. The van der Waals surface area contributed by atoms with E-state index in [2.05, 4.69) is 4.72 Å². The minimum Gasteiger partial charge on any atom is -0.340 e. The molecule has 0 spiro atoms. The van der Waals surface area contributed by atoms with Gasteiger partial charge in [-0.1, -0.05) is 0 Å². The van der Waals surface area contributed by atoms with E-state index in [1.54, 1.807) is 0 Å². The highest BCUT2D eigenvalue weighted by molar-refractivity contribution is 7.89. The van der Waals surface area contributed by atoms with Crippen molar-refractivity contribution in [3.8, 4) is 0 Å². The lowest BCUT2D eigenvalue weighted by Gasteiger charge is -2.22. The fourth-order valence-electron chi connectivity index (χ4n) is 4.04. The first-order valence-electron chi connectivity index (χ1n) is 9.57. The van der Waals surface area contributed by atoms with Crippen LogP contribution in [0.1, 0.15) is 47.6 Å². The fourth-order valence-corrected chi connectivity index (χ4v) is 5.66. The maximum atomic E-state index is 12.9. The van der Waals surface area contributed by atoms with Gasteiger partial charge in [-0.05, 0) is 88.2 Å². The van der Waals surface area contributed by atoms with Gasteiger partial charge in [0.2, 0.25) is 15.9 Å². The number of amides is 1. The molecule has 0 aromatic heterocycles. The molecule has 0 aliphatic carbocycles. The highest BCUT2D eigenvalue weighted by atomic mass is 35.5. The van der Waals surface area contributed by atoms with E-state index in [0.717, 1.165) is 34.2 Å². The van der Waals surface area contributed by atoms with Gasteiger partial charge < -0.3 is 10.6 Å². The molecule has 28 heavy (non-hydrogen) atoms. The molecule has 2 atom stereocenters. The maximum Gasteiger partial charge on any atom is 0.241 e. The van der Waals surface area contributed by atoms with Crippen LogP contribution in [0.3, 0.4) is 0 Å². The Kier molecular flexibility index (Phi) is 8.50. The zero-order valence-electron chi connectivity index (χ0n) is 17.8. The van der Waals surface area contributed by atoms with E-state index in [-0.39, 0.29) is 37.3 Å². The third kappa shape index (κ3) is 4.87. The van der Waals surface area contributed by atoms with E-state index >= 15 is 0 Å². The Morgan fingerprint density at radius 2 is 1.57 bits per heavy atom. The zero-order chi connectivity index (χ0) is 20.5. The summed E-state index contributed by atoms with van der Waals surface area (Å²) < 4.78 is 28.4. The second-order valence-electron chi connectivity index (χ2n) is 7.83. The molecule has 8 heteroatoms. The van der Waals surface area contributed by atoms with Crippen molar-refractivity contribution in [2.24, 2.45) is 11.7 Å². The molecule has 0 bridgehead atoms. The van der Waals surface area contributed by atoms with Gasteiger partial charge in [-0.15, -0.1) is 12.4 Å². The van der Waals surface area contributed by atoms with Crippen LogP contribution >= 0.6 is 12.4 Å². The molecule has 6 nitrogen and oxygen atoms in total. The number of likely N-dealkylation sites (tertiary alicyclic amines) is 1. The van der Waals surface area contributed by atoms with Gasteiger partial charge in [0.1, 0.15) is 0 Å². The third-order valence-corrected chi connectivity index (χ3v) is 7.88. The summed E-state index contributed by atoms with van der Waals surface area (Å²) in [4.78, 5) is 14.6. The number of hydrogen-bond acceptors (Lipinski definition) is 4. The molecule has 1 saturated heterocycles. The molecule has 1 aliphatic heterocycles. The molecule has 2 unspecified atom stereocenters. The Morgan fingerprint density at radius 3 is 2.04 bits per heavy atom. The van der Waals surface area contributed by atoms with Crippen molar-refractivity contribution in [3.05, 3.63) is 27.8 Å². The van der Waals surface area contributed by atoms with E-state index < -0.39 is 10.0 Å². The number of nitrogens with one attached hydrogen (secondary N) is 1.